The molecule has 134 valence electrons. The van der Waals surface area contributed by atoms with Crippen LogP contribution in [0, 0.1) is 30.4 Å². The number of aromatic nitrogens is 1. The Morgan fingerprint density at radius 1 is 1.16 bits per heavy atom. The molecule has 0 spiro atoms. The van der Waals surface area contributed by atoms with Crippen LogP contribution in [0.5, 0.6) is 0 Å². The summed E-state index contributed by atoms with van der Waals surface area (Å²) in [5, 5.41) is 0. The van der Waals surface area contributed by atoms with Gasteiger partial charge in [-0.05, 0) is 50.3 Å². The zero-order chi connectivity index (χ0) is 17.4. The lowest BCUT2D eigenvalue weighted by Crippen LogP contribution is -2.41. The van der Waals surface area contributed by atoms with Gasteiger partial charge in [0, 0.05) is 13.1 Å². The van der Waals surface area contributed by atoms with Gasteiger partial charge in [0.15, 0.2) is 11.6 Å². The topological polar surface area (TPSA) is 29.3 Å². The zero-order valence-corrected chi connectivity index (χ0v) is 14.6. The Hall–Kier alpha value is -1.75. The zero-order valence-electron chi connectivity index (χ0n) is 14.6. The number of nitrogens with zero attached hydrogens (tertiary/aromatic N) is 2. The Bertz CT molecular complexity index is 758. The molecule has 2 aliphatic rings. The Labute approximate surface area is 147 Å². The van der Waals surface area contributed by atoms with Gasteiger partial charge < -0.3 is 4.42 Å². The molecule has 5 heteroatoms. The van der Waals surface area contributed by atoms with Crippen molar-refractivity contribution in [3.63, 3.8) is 0 Å². The van der Waals surface area contributed by atoms with Gasteiger partial charge in [-0.3, -0.25) is 4.90 Å². The number of oxazole rings is 1. The number of aryl methyl sites for hydroxylation is 1. The number of rotatable bonds is 3. The van der Waals surface area contributed by atoms with E-state index >= 15 is 0 Å². The Balaban J connectivity index is 1.50. The van der Waals surface area contributed by atoms with Crippen molar-refractivity contribution in [3.8, 4) is 11.5 Å². The van der Waals surface area contributed by atoms with Gasteiger partial charge >= 0.3 is 0 Å². The Kier molecular flexibility index (Phi) is 4.59. The Morgan fingerprint density at radius 3 is 2.80 bits per heavy atom. The van der Waals surface area contributed by atoms with Gasteiger partial charge in [-0.15, -0.1) is 0 Å². The van der Waals surface area contributed by atoms with Crippen molar-refractivity contribution in [2.45, 2.75) is 45.6 Å². The SMILES string of the molecule is Cc1oc(-c2cccc(F)c2F)nc1CN1CC[C@@H]2CCCC[C@H]2C1. The van der Waals surface area contributed by atoms with Crippen molar-refractivity contribution in [2.75, 3.05) is 13.1 Å². The molecule has 1 saturated carbocycles. The van der Waals surface area contributed by atoms with E-state index in [4.69, 9.17) is 4.42 Å². The molecule has 2 atom stereocenters. The van der Waals surface area contributed by atoms with Crippen LogP contribution in [0.4, 0.5) is 8.78 Å². The molecule has 3 nitrogen and oxygen atoms in total. The van der Waals surface area contributed by atoms with Crippen LogP contribution in [-0.4, -0.2) is 23.0 Å². The fourth-order valence-electron chi connectivity index (χ4n) is 4.39. The van der Waals surface area contributed by atoms with Crippen molar-refractivity contribution < 1.29 is 13.2 Å². The van der Waals surface area contributed by atoms with Gasteiger partial charge in [-0.1, -0.05) is 25.3 Å². The molecule has 2 fully saturated rings. The van der Waals surface area contributed by atoms with E-state index in [0.717, 1.165) is 43.2 Å². The van der Waals surface area contributed by atoms with Crippen LogP contribution in [0.2, 0.25) is 0 Å². The maximum atomic E-state index is 14.0. The quantitative estimate of drug-likeness (QED) is 0.788. The van der Waals surface area contributed by atoms with Gasteiger partial charge in [0.05, 0.1) is 11.3 Å². The van der Waals surface area contributed by atoms with E-state index < -0.39 is 11.6 Å². The summed E-state index contributed by atoms with van der Waals surface area (Å²) >= 11 is 0. The predicted molar refractivity (Wildman–Crippen MR) is 91.9 cm³/mol. The van der Waals surface area contributed by atoms with Gasteiger partial charge in [0.1, 0.15) is 5.76 Å². The second kappa shape index (κ2) is 6.87. The monoisotopic (exact) mass is 346 g/mol. The first-order valence-corrected chi connectivity index (χ1v) is 9.25. The molecule has 1 aromatic carbocycles. The maximum Gasteiger partial charge on any atom is 0.229 e. The first-order chi connectivity index (χ1) is 12.1. The lowest BCUT2D eigenvalue weighted by Gasteiger charge is -2.41. The summed E-state index contributed by atoms with van der Waals surface area (Å²) in [6.45, 7) is 4.75. The van der Waals surface area contributed by atoms with Gasteiger partial charge in [0.2, 0.25) is 5.89 Å². The van der Waals surface area contributed by atoms with E-state index in [1.54, 1.807) is 0 Å². The van der Waals surface area contributed by atoms with E-state index in [2.05, 4.69) is 9.88 Å². The molecule has 0 N–H and O–H groups in total. The first-order valence-electron chi connectivity index (χ1n) is 9.25. The predicted octanol–water partition coefficient (Wildman–Crippen LogP) is 4.94. The van der Waals surface area contributed by atoms with Crippen molar-refractivity contribution in [2.24, 2.45) is 11.8 Å². The molecule has 1 aliphatic carbocycles. The van der Waals surface area contributed by atoms with Crippen molar-refractivity contribution in [3.05, 3.63) is 41.3 Å². The summed E-state index contributed by atoms with van der Waals surface area (Å²) < 4.78 is 33.1. The van der Waals surface area contributed by atoms with E-state index in [1.165, 1.54) is 44.2 Å². The molecule has 2 heterocycles. The number of piperidine rings is 1. The van der Waals surface area contributed by atoms with E-state index in [9.17, 15) is 8.78 Å². The van der Waals surface area contributed by atoms with E-state index in [-0.39, 0.29) is 11.5 Å². The summed E-state index contributed by atoms with van der Waals surface area (Å²) in [4.78, 5) is 6.90. The molecule has 25 heavy (non-hydrogen) atoms. The lowest BCUT2D eigenvalue weighted by atomic mass is 9.75. The third-order valence-corrected chi connectivity index (χ3v) is 5.82. The van der Waals surface area contributed by atoms with Crippen LogP contribution in [0.3, 0.4) is 0 Å². The molecule has 1 aromatic heterocycles. The number of fused-ring (bicyclic) bond motifs is 1. The molecule has 2 aromatic rings. The van der Waals surface area contributed by atoms with Crippen molar-refractivity contribution in [1.82, 2.24) is 9.88 Å². The van der Waals surface area contributed by atoms with Crippen LogP contribution < -0.4 is 0 Å². The fraction of sp³-hybridized carbons (Fsp3) is 0.550. The minimum atomic E-state index is -0.904. The third kappa shape index (κ3) is 3.34. The fourth-order valence-corrected chi connectivity index (χ4v) is 4.39. The molecular formula is C20H24F2N2O. The highest BCUT2D eigenvalue weighted by atomic mass is 19.2. The minimum absolute atomic E-state index is 0.0836. The molecular weight excluding hydrogens is 322 g/mol. The number of hydrogen-bond acceptors (Lipinski definition) is 3. The molecule has 1 saturated heterocycles. The van der Waals surface area contributed by atoms with Crippen LogP contribution in [0.25, 0.3) is 11.5 Å². The summed E-state index contributed by atoms with van der Waals surface area (Å²) in [7, 11) is 0. The molecule has 0 radical (unpaired) electrons. The second-order valence-corrected chi connectivity index (χ2v) is 7.45. The van der Waals surface area contributed by atoms with Crippen LogP contribution in [0.15, 0.2) is 22.6 Å². The highest BCUT2D eigenvalue weighted by Gasteiger charge is 2.31. The standard InChI is InChI=1S/C20H24F2N2O/c1-13-18(12-24-10-9-14-5-2-3-6-15(14)11-24)23-20(25-13)16-7-4-8-17(21)19(16)22/h4,7-8,14-15H,2-3,5-6,9-12H2,1H3/t14-,15-/m0/s1. The number of likely N-dealkylation sites (tertiary alicyclic amines) is 1. The highest BCUT2D eigenvalue weighted by molar-refractivity contribution is 5.54. The lowest BCUT2D eigenvalue weighted by molar-refractivity contribution is 0.0810. The number of benzene rings is 1. The molecule has 1 aliphatic heterocycles. The van der Waals surface area contributed by atoms with Crippen molar-refractivity contribution in [1.29, 1.82) is 0 Å². The molecule has 4 rings (SSSR count). The second-order valence-electron chi connectivity index (χ2n) is 7.45. The summed E-state index contributed by atoms with van der Waals surface area (Å²) in [6, 6.07) is 4.08. The van der Waals surface area contributed by atoms with Crippen LogP contribution in [0.1, 0.15) is 43.6 Å². The molecule has 0 bridgehead atoms. The van der Waals surface area contributed by atoms with Crippen LogP contribution >= 0.6 is 0 Å². The first kappa shape index (κ1) is 16.7. The largest absolute Gasteiger partial charge is 0.441 e. The van der Waals surface area contributed by atoms with Crippen LogP contribution in [-0.2, 0) is 6.54 Å². The average molecular weight is 346 g/mol. The number of halogens is 2. The average Bonchev–Trinajstić information content (AvgIpc) is 2.97. The highest BCUT2D eigenvalue weighted by Crippen LogP contribution is 2.36. The maximum absolute atomic E-state index is 14.0. The molecule has 0 unspecified atom stereocenters. The summed E-state index contributed by atoms with van der Waals surface area (Å²) in [5.74, 6) is 0.754. The van der Waals surface area contributed by atoms with Gasteiger partial charge in [-0.25, -0.2) is 13.8 Å². The van der Waals surface area contributed by atoms with Gasteiger partial charge in [-0.2, -0.15) is 0 Å². The third-order valence-electron chi connectivity index (χ3n) is 5.82. The van der Waals surface area contributed by atoms with E-state index in [0.29, 0.717) is 5.76 Å². The molecule has 0 amide bonds. The summed E-state index contributed by atoms with van der Waals surface area (Å²) in [6.07, 6.45) is 6.70. The van der Waals surface area contributed by atoms with Crippen molar-refractivity contribution >= 4 is 0 Å². The Morgan fingerprint density at radius 2 is 1.96 bits per heavy atom. The smallest absolute Gasteiger partial charge is 0.229 e. The summed E-state index contributed by atoms with van der Waals surface area (Å²) in [5.41, 5.74) is 0.910. The number of hydrogen-bond donors (Lipinski definition) is 0. The normalized spacial score (nSPS) is 24.3. The van der Waals surface area contributed by atoms with Gasteiger partial charge in [0.25, 0.3) is 0 Å². The minimum Gasteiger partial charge on any atom is -0.441 e. The van der Waals surface area contributed by atoms with E-state index in [1.807, 2.05) is 6.92 Å².